The number of ether oxygens (including phenoxy) is 1. The molecule has 0 aliphatic heterocycles. The van der Waals surface area contributed by atoms with E-state index in [1.54, 1.807) is 0 Å². The van der Waals surface area contributed by atoms with Crippen LogP contribution in [0.3, 0.4) is 0 Å². The molecule has 0 aromatic carbocycles. The lowest BCUT2D eigenvalue weighted by Gasteiger charge is -2.20. The highest BCUT2D eigenvalue weighted by Crippen LogP contribution is 2.16. The maximum Gasteiger partial charge on any atom is 0.369 e. The monoisotopic (exact) mass is 344 g/mol. The summed E-state index contributed by atoms with van der Waals surface area (Å²) in [7, 11) is 0. The molecule has 0 rings (SSSR count). The van der Waals surface area contributed by atoms with Crippen LogP contribution >= 0.6 is 0 Å². The molecular weight excluding hydrogens is 312 g/mol. The van der Waals surface area contributed by atoms with Gasteiger partial charge in [-0.05, 0) is 37.6 Å². The fourth-order valence-electron chi connectivity index (χ4n) is 2.10. The molecule has 0 saturated heterocycles. The number of hydrogen-bond donors (Lipinski definition) is 0. The molecule has 140 valence electrons. The Bertz CT molecular complexity index is 389. The van der Waals surface area contributed by atoms with Gasteiger partial charge in [0.05, 0.1) is 6.61 Å². The summed E-state index contributed by atoms with van der Waals surface area (Å²) in [4.78, 5) is 32.4. The number of carbonyl (C=O) groups is 2. The van der Waals surface area contributed by atoms with E-state index in [9.17, 15) is 9.59 Å². The van der Waals surface area contributed by atoms with Gasteiger partial charge in [0.15, 0.2) is 0 Å². The van der Waals surface area contributed by atoms with Crippen molar-refractivity contribution in [2.75, 3.05) is 6.61 Å². The predicted octanol–water partition coefficient (Wildman–Crippen LogP) is 4.29. The van der Waals surface area contributed by atoms with Gasteiger partial charge in [0.2, 0.25) is 0 Å². The Morgan fingerprint density at radius 3 is 2.29 bits per heavy atom. The summed E-state index contributed by atoms with van der Waals surface area (Å²) >= 11 is 0. The number of hydrogen-bond acceptors (Lipinski definition) is 6. The zero-order chi connectivity index (χ0) is 18.4. The second-order valence-electron chi connectivity index (χ2n) is 6.44. The van der Waals surface area contributed by atoms with Gasteiger partial charge >= 0.3 is 11.9 Å². The highest BCUT2D eigenvalue weighted by Gasteiger charge is 2.20. The lowest BCUT2D eigenvalue weighted by atomic mass is 10.0. The van der Waals surface area contributed by atoms with Gasteiger partial charge in [0.25, 0.3) is 0 Å². The molecule has 0 aliphatic rings. The largest absolute Gasteiger partial charge is 0.462 e. The van der Waals surface area contributed by atoms with Gasteiger partial charge in [-0.15, -0.1) is 0 Å². The first-order valence-corrected chi connectivity index (χ1v) is 8.75. The van der Waals surface area contributed by atoms with Crippen molar-refractivity contribution in [3.8, 4) is 0 Å². The van der Waals surface area contributed by atoms with E-state index in [-0.39, 0.29) is 0 Å². The molecule has 0 fully saturated rings. The van der Waals surface area contributed by atoms with Crippen LogP contribution in [0.15, 0.2) is 12.2 Å². The van der Waals surface area contributed by atoms with Crippen molar-refractivity contribution in [3.63, 3.8) is 0 Å². The highest BCUT2D eigenvalue weighted by molar-refractivity contribution is 5.91. The van der Waals surface area contributed by atoms with Gasteiger partial charge in [0.1, 0.15) is 5.60 Å². The third-order valence-electron chi connectivity index (χ3n) is 3.59. The Kier molecular flexibility index (Phi) is 12.2. The molecule has 0 aromatic rings. The molecule has 0 spiro atoms. The van der Waals surface area contributed by atoms with Crippen LogP contribution in [0.4, 0.5) is 0 Å². The first-order chi connectivity index (χ1) is 11.3. The summed E-state index contributed by atoms with van der Waals surface area (Å²) in [5, 5.41) is 4.45. The van der Waals surface area contributed by atoms with Crippen LogP contribution in [0.25, 0.3) is 0 Å². The van der Waals surface area contributed by atoms with E-state index < -0.39 is 17.5 Å². The van der Waals surface area contributed by atoms with E-state index in [0.29, 0.717) is 12.5 Å². The summed E-state index contributed by atoms with van der Waals surface area (Å²) in [6, 6.07) is 0. The number of carbonyl (C=O) groups excluding carboxylic acids is 2. The Labute approximate surface area is 145 Å². The van der Waals surface area contributed by atoms with E-state index >= 15 is 0 Å². The molecular formula is C18H32O6. The van der Waals surface area contributed by atoms with Gasteiger partial charge in [-0.25, -0.2) is 9.59 Å². The zero-order valence-electron chi connectivity index (χ0n) is 15.6. The first-order valence-electron chi connectivity index (χ1n) is 8.75. The lowest BCUT2D eigenvalue weighted by molar-refractivity contribution is -0.515. The molecule has 0 radical (unpaired) electrons. The molecule has 0 N–H and O–H groups in total. The average molecular weight is 344 g/mol. The zero-order valence-corrected chi connectivity index (χ0v) is 15.6. The Hall–Kier alpha value is -1.40. The fraction of sp³-hybridized carbons (Fsp3) is 0.778. The summed E-state index contributed by atoms with van der Waals surface area (Å²) in [5.41, 5.74) is -0.550. The molecule has 6 heteroatoms. The SMILES string of the molecule is CCCCC(CC)COC(=O)C=CC(=O)OOOC(C)(C)CCC. The second kappa shape index (κ2) is 13.0. The van der Waals surface area contributed by atoms with E-state index in [4.69, 9.17) is 9.62 Å². The molecule has 0 aromatic heterocycles. The first kappa shape index (κ1) is 22.6. The van der Waals surface area contributed by atoms with Crippen molar-refractivity contribution in [1.82, 2.24) is 0 Å². The van der Waals surface area contributed by atoms with Crippen LogP contribution in [0, 0.1) is 5.92 Å². The van der Waals surface area contributed by atoms with E-state index in [1.807, 2.05) is 20.8 Å². The van der Waals surface area contributed by atoms with Crippen molar-refractivity contribution in [3.05, 3.63) is 12.2 Å². The minimum absolute atomic E-state index is 0.354. The summed E-state index contributed by atoms with van der Waals surface area (Å²) in [5.74, 6) is -1.06. The Balaban J connectivity index is 4.01. The number of unbranched alkanes of at least 4 members (excludes halogenated alkanes) is 1. The molecule has 0 bridgehead atoms. The van der Waals surface area contributed by atoms with Crippen LogP contribution < -0.4 is 0 Å². The summed E-state index contributed by atoms with van der Waals surface area (Å²) in [6.45, 7) is 10.2. The van der Waals surface area contributed by atoms with Gasteiger partial charge in [-0.1, -0.05) is 46.5 Å². The van der Waals surface area contributed by atoms with Crippen LogP contribution in [-0.4, -0.2) is 24.1 Å². The van der Waals surface area contributed by atoms with Crippen molar-refractivity contribution in [2.45, 2.75) is 78.7 Å². The van der Waals surface area contributed by atoms with Gasteiger partial charge < -0.3 is 4.74 Å². The number of rotatable bonds is 13. The van der Waals surface area contributed by atoms with E-state index in [0.717, 1.165) is 50.7 Å². The minimum Gasteiger partial charge on any atom is -0.462 e. The molecule has 1 unspecified atom stereocenters. The van der Waals surface area contributed by atoms with Crippen molar-refractivity contribution in [2.24, 2.45) is 5.92 Å². The topological polar surface area (TPSA) is 71.1 Å². The third-order valence-corrected chi connectivity index (χ3v) is 3.59. The Morgan fingerprint density at radius 1 is 1.04 bits per heavy atom. The fourth-order valence-corrected chi connectivity index (χ4v) is 2.10. The van der Waals surface area contributed by atoms with Crippen LogP contribution in [-0.2, 0) is 29.1 Å². The van der Waals surface area contributed by atoms with E-state index in [2.05, 4.69) is 23.8 Å². The van der Waals surface area contributed by atoms with Gasteiger partial charge in [0, 0.05) is 12.2 Å². The average Bonchev–Trinajstić information content (AvgIpc) is 2.52. The van der Waals surface area contributed by atoms with Crippen LogP contribution in [0.1, 0.15) is 73.1 Å². The molecule has 0 heterocycles. The van der Waals surface area contributed by atoms with Gasteiger partial charge in [-0.2, -0.15) is 4.89 Å². The van der Waals surface area contributed by atoms with Gasteiger partial charge in [-0.3, -0.25) is 4.89 Å². The third kappa shape index (κ3) is 12.1. The standard InChI is InChI=1S/C18H32O6/c1-6-9-10-15(8-3)14-21-16(19)11-12-17(20)22-24-23-18(4,5)13-7-2/h11-12,15H,6-10,13-14H2,1-5H3. The molecule has 6 nitrogen and oxygen atoms in total. The second-order valence-corrected chi connectivity index (χ2v) is 6.44. The predicted molar refractivity (Wildman–Crippen MR) is 90.7 cm³/mol. The van der Waals surface area contributed by atoms with Crippen molar-refractivity contribution < 1.29 is 29.1 Å². The normalized spacial score (nSPS) is 13.0. The Morgan fingerprint density at radius 2 is 1.71 bits per heavy atom. The smallest absolute Gasteiger partial charge is 0.369 e. The maximum absolute atomic E-state index is 11.6. The molecule has 24 heavy (non-hydrogen) atoms. The van der Waals surface area contributed by atoms with Crippen LogP contribution in [0.2, 0.25) is 0 Å². The molecule has 1 atom stereocenters. The molecule has 0 saturated carbocycles. The quantitative estimate of drug-likeness (QED) is 0.215. The van der Waals surface area contributed by atoms with Crippen molar-refractivity contribution >= 4 is 11.9 Å². The number of esters is 1. The lowest BCUT2D eigenvalue weighted by Crippen LogP contribution is -2.24. The summed E-state index contributed by atoms with van der Waals surface area (Å²) in [6.07, 6.45) is 7.86. The van der Waals surface area contributed by atoms with Crippen molar-refractivity contribution in [1.29, 1.82) is 0 Å². The minimum atomic E-state index is -0.836. The van der Waals surface area contributed by atoms with Crippen LogP contribution in [0.5, 0.6) is 0 Å². The molecule has 0 aliphatic carbocycles. The van der Waals surface area contributed by atoms with E-state index in [1.165, 1.54) is 0 Å². The highest BCUT2D eigenvalue weighted by atomic mass is 17.5. The summed E-state index contributed by atoms with van der Waals surface area (Å²) < 4.78 is 5.13. The maximum atomic E-state index is 11.6. The molecule has 0 amide bonds.